The number of carbonyl (C=O) groups excluding carboxylic acids is 1. The van der Waals surface area contributed by atoms with Crippen molar-refractivity contribution >= 4 is 33.3 Å². The first-order valence-corrected chi connectivity index (χ1v) is 9.08. The number of hydrogen-bond acceptors (Lipinski definition) is 7. The minimum absolute atomic E-state index is 0.0474. The molecule has 0 saturated carbocycles. The highest BCUT2D eigenvalue weighted by Crippen LogP contribution is 2.35. The Balaban J connectivity index is 2.62. The normalized spacial score (nSPS) is 11.2. The van der Waals surface area contributed by atoms with Crippen LogP contribution in [0.3, 0.4) is 0 Å². The first kappa shape index (κ1) is 19.9. The molecule has 1 heterocycles. The largest absolute Gasteiger partial charge is 0.493 e. The SMILES string of the molecule is COC(=O)c1cc(OC)c(OC)cc1NS(=O)(=O)c1c(C)nn(C)c1Cl. The number of carbonyl (C=O) groups is 1. The number of benzene rings is 1. The summed E-state index contributed by atoms with van der Waals surface area (Å²) in [6.45, 7) is 1.51. The molecule has 2 rings (SSSR count). The molecule has 0 spiro atoms. The van der Waals surface area contributed by atoms with Gasteiger partial charge in [-0.2, -0.15) is 5.10 Å². The summed E-state index contributed by atoms with van der Waals surface area (Å²) in [4.78, 5) is 11.9. The zero-order valence-corrected chi connectivity index (χ0v) is 16.4. The summed E-state index contributed by atoms with van der Waals surface area (Å²) in [7, 11) is 1.34. The van der Waals surface area contributed by atoms with Crippen LogP contribution >= 0.6 is 11.6 Å². The van der Waals surface area contributed by atoms with Gasteiger partial charge in [0.15, 0.2) is 11.5 Å². The van der Waals surface area contributed by atoms with Gasteiger partial charge in [0.2, 0.25) is 0 Å². The van der Waals surface area contributed by atoms with E-state index in [-0.39, 0.29) is 38.5 Å². The number of aryl methyl sites for hydroxylation is 2. The molecule has 1 aromatic carbocycles. The molecule has 0 fully saturated rings. The number of sulfonamides is 1. The second-order valence-corrected chi connectivity index (χ2v) is 7.16. The third-order valence-corrected chi connectivity index (χ3v) is 5.60. The number of hydrogen-bond donors (Lipinski definition) is 1. The first-order valence-electron chi connectivity index (χ1n) is 7.22. The van der Waals surface area contributed by atoms with E-state index >= 15 is 0 Å². The number of nitrogens with one attached hydrogen (secondary N) is 1. The summed E-state index contributed by atoms with van der Waals surface area (Å²) in [6, 6.07) is 2.64. The fraction of sp³-hybridized carbons (Fsp3) is 0.333. The van der Waals surface area contributed by atoms with E-state index in [9.17, 15) is 13.2 Å². The van der Waals surface area contributed by atoms with Crippen molar-refractivity contribution in [3.8, 4) is 11.5 Å². The molecule has 142 valence electrons. The van der Waals surface area contributed by atoms with Crippen LogP contribution in [0.15, 0.2) is 17.0 Å². The van der Waals surface area contributed by atoms with Gasteiger partial charge in [-0.1, -0.05) is 11.6 Å². The lowest BCUT2D eigenvalue weighted by Gasteiger charge is -2.15. The van der Waals surface area contributed by atoms with Gasteiger partial charge in [-0.05, 0) is 6.92 Å². The number of esters is 1. The van der Waals surface area contributed by atoms with Gasteiger partial charge in [0.1, 0.15) is 10.0 Å². The standard InChI is InChI=1S/C15H18ClN3O6S/c1-8-13(14(16)19(2)17-8)26(21,22)18-10-7-12(24-4)11(23-3)6-9(10)15(20)25-5/h6-7,18H,1-5H3. The molecule has 2 aromatic rings. The average Bonchev–Trinajstić information content (AvgIpc) is 2.86. The molecule has 0 amide bonds. The maximum Gasteiger partial charge on any atom is 0.340 e. The minimum atomic E-state index is -4.13. The monoisotopic (exact) mass is 403 g/mol. The van der Waals surface area contributed by atoms with E-state index in [2.05, 4.69) is 9.82 Å². The second-order valence-electron chi connectivity index (χ2n) is 5.18. The van der Waals surface area contributed by atoms with Gasteiger partial charge in [-0.3, -0.25) is 9.40 Å². The van der Waals surface area contributed by atoms with E-state index in [0.717, 1.165) is 0 Å². The van der Waals surface area contributed by atoms with Crippen LogP contribution in [0.1, 0.15) is 16.1 Å². The Bertz CT molecular complexity index is 955. The van der Waals surface area contributed by atoms with Crippen LogP contribution in [0.25, 0.3) is 0 Å². The number of methoxy groups -OCH3 is 3. The van der Waals surface area contributed by atoms with Gasteiger partial charge in [0.05, 0.1) is 38.3 Å². The summed E-state index contributed by atoms with van der Waals surface area (Å²) in [5, 5.41) is 3.92. The van der Waals surface area contributed by atoms with Gasteiger partial charge in [-0.25, -0.2) is 13.2 Å². The van der Waals surface area contributed by atoms with E-state index in [1.807, 2.05) is 0 Å². The Morgan fingerprint density at radius 3 is 2.23 bits per heavy atom. The first-order chi connectivity index (χ1) is 12.2. The lowest BCUT2D eigenvalue weighted by molar-refractivity contribution is 0.0601. The van der Waals surface area contributed by atoms with Crippen LogP contribution in [0.2, 0.25) is 5.15 Å². The lowest BCUT2D eigenvalue weighted by atomic mass is 10.1. The second kappa shape index (κ2) is 7.42. The van der Waals surface area contributed by atoms with Crippen LogP contribution < -0.4 is 14.2 Å². The van der Waals surface area contributed by atoms with Crippen LogP contribution in [0.5, 0.6) is 11.5 Å². The predicted molar refractivity (Wildman–Crippen MR) is 94.6 cm³/mol. The van der Waals surface area contributed by atoms with Crippen LogP contribution in [0, 0.1) is 6.92 Å². The van der Waals surface area contributed by atoms with Crippen molar-refractivity contribution in [2.24, 2.45) is 7.05 Å². The molecule has 0 bridgehead atoms. The zero-order valence-electron chi connectivity index (χ0n) is 14.8. The van der Waals surface area contributed by atoms with Gasteiger partial charge in [0.25, 0.3) is 10.0 Å². The fourth-order valence-corrected chi connectivity index (χ4v) is 4.18. The number of halogens is 1. The van der Waals surface area contributed by atoms with Crippen molar-refractivity contribution in [1.82, 2.24) is 9.78 Å². The molecule has 0 atom stereocenters. The summed E-state index contributed by atoms with van der Waals surface area (Å²) in [6.07, 6.45) is 0. The Kier molecular flexibility index (Phi) is 5.67. The quantitative estimate of drug-likeness (QED) is 0.734. The maximum absolute atomic E-state index is 12.8. The van der Waals surface area contributed by atoms with Crippen LogP contribution in [0.4, 0.5) is 5.69 Å². The molecule has 0 aliphatic carbocycles. The molecule has 9 nitrogen and oxygen atoms in total. The van der Waals surface area contributed by atoms with E-state index in [1.54, 1.807) is 0 Å². The van der Waals surface area contributed by atoms with Gasteiger partial charge in [0, 0.05) is 19.2 Å². The van der Waals surface area contributed by atoms with E-state index < -0.39 is 16.0 Å². The maximum atomic E-state index is 12.8. The molecule has 0 radical (unpaired) electrons. The van der Waals surface area contributed by atoms with Gasteiger partial charge < -0.3 is 14.2 Å². The molecular weight excluding hydrogens is 386 g/mol. The number of aromatic nitrogens is 2. The molecule has 0 aliphatic rings. The summed E-state index contributed by atoms with van der Waals surface area (Å²) in [5.41, 5.74) is 0.116. The summed E-state index contributed by atoms with van der Waals surface area (Å²) < 4.78 is 44.2. The minimum Gasteiger partial charge on any atom is -0.493 e. The summed E-state index contributed by atoms with van der Waals surface area (Å²) >= 11 is 6.05. The Labute approximate surface area is 155 Å². The Hall–Kier alpha value is -2.46. The molecule has 0 aliphatic heterocycles. The summed E-state index contributed by atoms with van der Waals surface area (Å²) in [5.74, 6) is -0.282. The third kappa shape index (κ3) is 3.56. The highest BCUT2D eigenvalue weighted by molar-refractivity contribution is 7.92. The van der Waals surface area contributed by atoms with Gasteiger partial charge in [-0.15, -0.1) is 0 Å². The van der Waals surface area contributed by atoms with Crippen LogP contribution in [-0.2, 0) is 21.8 Å². The average molecular weight is 404 g/mol. The number of ether oxygens (including phenoxy) is 3. The van der Waals surface area contributed by atoms with Crippen LogP contribution in [-0.4, -0.2) is 45.5 Å². The smallest absolute Gasteiger partial charge is 0.340 e. The van der Waals surface area contributed by atoms with Crippen molar-refractivity contribution < 1.29 is 27.4 Å². The molecular formula is C15H18ClN3O6S. The van der Waals surface area contributed by atoms with E-state index in [1.165, 1.54) is 52.1 Å². The van der Waals surface area contributed by atoms with Crippen molar-refractivity contribution in [1.29, 1.82) is 0 Å². The highest BCUT2D eigenvalue weighted by atomic mass is 35.5. The van der Waals surface area contributed by atoms with E-state index in [0.29, 0.717) is 0 Å². The van der Waals surface area contributed by atoms with Crippen molar-refractivity contribution in [3.05, 3.63) is 28.5 Å². The number of rotatable bonds is 6. The van der Waals surface area contributed by atoms with E-state index in [4.69, 9.17) is 25.8 Å². The fourth-order valence-electron chi connectivity index (χ4n) is 2.35. The highest BCUT2D eigenvalue weighted by Gasteiger charge is 2.28. The Morgan fingerprint density at radius 1 is 1.19 bits per heavy atom. The van der Waals surface area contributed by atoms with Crippen molar-refractivity contribution in [3.63, 3.8) is 0 Å². The van der Waals surface area contributed by atoms with Crippen molar-refractivity contribution in [2.45, 2.75) is 11.8 Å². The Morgan fingerprint density at radius 2 is 1.77 bits per heavy atom. The third-order valence-electron chi connectivity index (χ3n) is 3.54. The topological polar surface area (TPSA) is 109 Å². The molecule has 26 heavy (non-hydrogen) atoms. The molecule has 11 heteroatoms. The molecule has 1 N–H and O–H groups in total. The zero-order chi connectivity index (χ0) is 19.6. The number of anilines is 1. The molecule has 0 saturated heterocycles. The molecule has 1 aromatic heterocycles. The lowest BCUT2D eigenvalue weighted by Crippen LogP contribution is -2.17. The number of nitrogens with zero attached hydrogens (tertiary/aromatic N) is 2. The predicted octanol–water partition coefficient (Wildman–Crippen LogP) is 1.99. The van der Waals surface area contributed by atoms with Crippen molar-refractivity contribution in [2.75, 3.05) is 26.1 Å². The van der Waals surface area contributed by atoms with Gasteiger partial charge >= 0.3 is 5.97 Å². The molecule has 0 unspecified atom stereocenters.